The van der Waals surface area contributed by atoms with Gasteiger partial charge in [0, 0.05) is 34.2 Å². The van der Waals surface area contributed by atoms with Gasteiger partial charge in [0.05, 0.1) is 36.4 Å². The Morgan fingerprint density at radius 3 is 2.93 bits per heavy atom. The van der Waals surface area contributed by atoms with E-state index in [2.05, 4.69) is 16.2 Å². The van der Waals surface area contributed by atoms with Gasteiger partial charge in [-0.1, -0.05) is 0 Å². The molecular weight excluding hydrogens is 344 g/mol. The molecule has 134 valence electrons. The first-order valence-corrected chi connectivity index (χ1v) is 8.30. The van der Waals surface area contributed by atoms with Crippen molar-refractivity contribution in [1.29, 1.82) is 5.26 Å². The third-order valence-corrected chi connectivity index (χ3v) is 4.68. The van der Waals surface area contributed by atoms with E-state index >= 15 is 0 Å². The fourth-order valence-electron chi connectivity index (χ4n) is 3.41. The molecule has 2 heterocycles. The molecule has 2 N–H and O–H groups in total. The van der Waals surface area contributed by atoms with Gasteiger partial charge in [-0.2, -0.15) is 10.4 Å². The third-order valence-electron chi connectivity index (χ3n) is 4.68. The van der Waals surface area contributed by atoms with Crippen molar-refractivity contribution in [3.63, 3.8) is 0 Å². The monoisotopic (exact) mass is 360 g/mol. The maximum absolute atomic E-state index is 11.7. The van der Waals surface area contributed by atoms with E-state index in [9.17, 15) is 9.90 Å². The summed E-state index contributed by atoms with van der Waals surface area (Å²) in [5.41, 5.74) is 3.87. The van der Waals surface area contributed by atoms with E-state index in [0.29, 0.717) is 28.8 Å². The van der Waals surface area contributed by atoms with Gasteiger partial charge in [0.2, 0.25) is 0 Å². The molecular formula is C20H16N4O3. The summed E-state index contributed by atoms with van der Waals surface area (Å²) in [5, 5.41) is 24.7. The SMILES string of the molecule is COc1cc(C)c2[nH]cc(C(=O)O)c2c1Cn1cc2ccc(C#N)cc2n1. The van der Waals surface area contributed by atoms with Crippen LogP contribution in [0.25, 0.3) is 21.8 Å². The van der Waals surface area contributed by atoms with E-state index in [1.165, 1.54) is 6.20 Å². The van der Waals surface area contributed by atoms with Crippen molar-refractivity contribution >= 4 is 27.8 Å². The molecule has 0 fully saturated rings. The molecule has 7 heteroatoms. The Morgan fingerprint density at radius 1 is 1.41 bits per heavy atom. The summed E-state index contributed by atoms with van der Waals surface area (Å²) < 4.78 is 7.26. The molecule has 0 unspecified atom stereocenters. The van der Waals surface area contributed by atoms with Gasteiger partial charge >= 0.3 is 5.97 Å². The molecule has 0 saturated heterocycles. The first-order valence-electron chi connectivity index (χ1n) is 8.30. The number of carboxylic acids is 1. The van der Waals surface area contributed by atoms with Crippen LogP contribution in [-0.2, 0) is 6.54 Å². The highest BCUT2D eigenvalue weighted by Gasteiger charge is 2.20. The molecule has 7 nitrogen and oxygen atoms in total. The molecule has 0 aliphatic heterocycles. The van der Waals surface area contributed by atoms with Crippen molar-refractivity contribution in [2.24, 2.45) is 0 Å². The third kappa shape index (κ3) is 2.68. The number of hydrogen-bond donors (Lipinski definition) is 2. The maximum Gasteiger partial charge on any atom is 0.337 e. The van der Waals surface area contributed by atoms with Crippen molar-refractivity contribution < 1.29 is 14.6 Å². The number of rotatable bonds is 4. The molecule has 2 aromatic carbocycles. The Balaban J connectivity index is 1.90. The van der Waals surface area contributed by atoms with E-state index in [-0.39, 0.29) is 5.56 Å². The number of aromatic nitrogens is 3. The zero-order chi connectivity index (χ0) is 19.1. The molecule has 0 radical (unpaired) electrons. The van der Waals surface area contributed by atoms with E-state index in [1.807, 2.05) is 25.3 Å². The lowest BCUT2D eigenvalue weighted by Gasteiger charge is -2.13. The Hall–Kier alpha value is -3.79. The fourth-order valence-corrected chi connectivity index (χ4v) is 3.41. The number of benzene rings is 2. The van der Waals surface area contributed by atoms with Crippen molar-refractivity contribution in [3.8, 4) is 11.8 Å². The van der Waals surface area contributed by atoms with Gasteiger partial charge in [0.25, 0.3) is 0 Å². The van der Waals surface area contributed by atoms with Gasteiger partial charge in [-0.3, -0.25) is 4.68 Å². The van der Waals surface area contributed by atoms with Gasteiger partial charge in [0.15, 0.2) is 0 Å². The summed E-state index contributed by atoms with van der Waals surface area (Å²) >= 11 is 0. The average molecular weight is 360 g/mol. The number of fused-ring (bicyclic) bond motifs is 2. The summed E-state index contributed by atoms with van der Waals surface area (Å²) in [5.74, 6) is -0.390. The number of aryl methyl sites for hydroxylation is 1. The van der Waals surface area contributed by atoms with Crippen molar-refractivity contribution in [1.82, 2.24) is 14.8 Å². The average Bonchev–Trinajstić information content (AvgIpc) is 3.27. The molecule has 0 aliphatic rings. The molecule has 0 spiro atoms. The second-order valence-corrected chi connectivity index (χ2v) is 6.34. The smallest absolute Gasteiger partial charge is 0.337 e. The van der Waals surface area contributed by atoms with E-state index in [4.69, 9.17) is 10.00 Å². The molecule has 0 atom stereocenters. The lowest BCUT2D eigenvalue weighted by atomic mass is 10.0. The number of H-pyrrole nitrogens is 1. The molecule has 0 saturated carbocycles. The van der Waals surface area contributed by atoms with Crippen LogP contribution in [0.5, 0.6) is 5.75 Å². The number of carbonyl (C=O) groups is 1. The minimum absolute atomic E-state index is 0.200. The Bertz CT molecular complexity index is 1240. The van der Waals surface area contributed by atoms with Crippen LogP contribution in [0.2, 0.25) is 0 Å². The van der Waals surface area contributed by atoms with Gasteiger partial charge in [-0.25, -0.2) is 4.79 Å². The van der Waals surface area contributed by atoms with Crippen LogP contribution in [0.15, 0.2) is 36.7 Å². The normalized spacial score (nSPS) is 11.0. The predicted molar refractivity (Wildman–Crippen MR) is 100 cm³/mol. The van der Waals surface area contributed by atoms with Crippen LogP contribution in [0.4, 0.5) is 0 Å². The van der Waals surface area contributed by atoms with E-state index in [0.717, 1.165) is 22.0 Å². The van der Waals surface area contributed by atoms with Gasteiger partial charge in [-0.15, -0.1) is 0 Å². The topological polar surface area (TPSA) is 104 Å². The Labute approximate surface area is 154 Å². The van der Waals surface area contributed by atoms with Crippen LogP contribution >= 0.6 is 0 Å². The number of aromatic amines is 1. The zero-order valence-electron chi connectivity index (χ0n) is 14.8. The minimum Gasteiger partial charge on any atom is -0.496 e. The molecule has 0 bridgehead atoms. The van der Waals surface area contributed by atoms with Gasteiger partial charge in [0.1, 0.15) is 5.75 Å². The highest BCUT2D eigenvalue weighted by molar-refractivity contribution is 6.06. The Kier molecular flexibility index (Phi) is 3.81. The molecule has 2 aromatic heterocycles. The van der Waals surface area contributed by atoms with Crippen LogP contribution < -0.4 is 4.74 Å². The minimum atomic E-state index is -1.00. The van der Waals surface area contributed by atoms with Crippen LogP contribution in [-0.4, -0.2) is 33.0 Å². The predicted octanol–water partition coefficient (Wildman–Crippen LogP) is 3.45. The molecule has 0 aliphatic carbocycles. The lowest BCUT2D eigenvalue weighted by Crippen LogP contribution is -2.05. The number of ether oxygens (including phenoxy) is 1. The highest BCUT2D eigenvalue weighted by Crippen LogP contribution is 2.34. The van der Waals surface area contributed by atoms with Crippen molar-refractivity contribution in [3.05, 3.63) is 58.9 Å². The molecule has 4 aromatic rings. The zero-order valence-corrected chi connectivity index (χ0v) is 14.8. The van der Waals surface area contributed by atoms with Crippen molar-refractivity contribution in [2.75, 3.05) is 7.11 Å². The van der Waals surface area contributed by atoms with E-state index < -0.39 is 5.97 Å². The van der Waals surface area contributed by atoms with Crippen LogP contribution in [0, 0.1) is 18.3 Å². The van der Waals surface area contributed by atoms with Crippen molar-refractivity contribution in [2.45, 2.75) is 13.5 Å². The maximum atomic E-state index is 11.7. The molecule has 27 heavy (non-hydrogen) atoms. The number of methoxy groups -OCH3 is 1. The quantitative estimate of drug-likeness (QED) is 0.580. The second kappa shape index (κ2) is 6.18. The summed E-state index contributed by atoms with van der Waals surface area (Å²) in [6, 6.07) is 9.31. The van der Waals surface area contributed by atoms with Gasteiger partial charge < -0.3 is 14.8 Å². The second-order valence-electron chi connectivity index (χ2n) is 6.34. The molecule has 0 amide bonds. The first-order chi connectivity index (χ1) is 13.0. The standard InChI is InChI=1S/C20H16N4O3/c1-11-5-17(27-2)15(18-14(20(25)26)8-22-19(11)18)10-24-9-13-4-3-12(7-21)6-16(13)23-24/h3-6,8-9,22H,10H2,1-2H3,(H,25,26). The summed E-state index contributed by atoms with van der Waals surface area (Å²) in [7, 11) is 1.57. The number of hydrogen-bond acceptors (Lipinski definition) is 4. The largest absolute Gasteiger partial charge is 0.496 e. The number of nitriles is 1. The fraction of sp³-hybridized carbons (Fsp3) is 0.150. The van der Waals surface area contributed by atoms with E-state index in [1.54, 1.807) is 23.9 Å². The first kappa shape index (κ1) is 16.7. The summed E-state index contributed by atoms with van der Waals surface area (Å²) in [4.78, 5) is 14.7. The highest BCUT2D eigenvalue weighted by atomic mass is 16.5. The molecule has 4 rings (SSSR count). The number of nitrogens with zero attached hydrogens (tertiary/aromatic N) is 3. The number of nitrogens with one attached hydrogen (secondary N) is 1. The lowest BCUT2D eigenvalue weighted by molar-refractivity contribution is 0.0699. The number of carboxylic acid groups (broad SMARTS) is 1. The van der Waals surface area contributed by atoms with Gasteiger partial charge in [-0.05, 0) is 36.8 Å². The van der Waals surface area contributed by atoms with Crippen LogP contribution in [0.3, 0.4) is 0 Å². The Morgan fingerprint density at radius 2 is 2.22 bits per heavy atom. The van der Waals surface area contributed by atoms with Crippen LogP contribution in [0.1, 0.15) is 27.0 Å². The summed E-state index contributed by atoms with van der Waals surface area (Å²) in [6.07, 6.45) is 3.37. The summed E-state index contributed by atoms with van der Waals surface area (Å²) in [6.45, 7) is 2.25. The number of aromatic carboxylic acids is 1.